The Kier molecular flexibility index (Phi) is 5.21. The number of likely N-dealkylation sites (tertiary alicyclic amines) is 1. The molecule has 2 aliphatic heterocycles. The number of cyclic esters (lactones) is 1. The summed E-state index contributed by atoms with van der Waals surface area (Å²) in [5.41, 5.74) is 0.843. The molecular weight excluding hydrogens is 346 g/mol. The molecule has 2 saturated heterocycles. The van der Waals surface area contributed by atoms with Crippen LogP contribution in [0.25, 0.3) is 0 Å². The summed E-state index contributed by atoms with van der Waals surface area (Å²) in [6.07, 6.45) is 2.68. The molecule has 2 fully saturated rings. The van der Waals surface area contributed by atoms with Crippen LogP contribution in [0.4, 0.5) is 10.5 Å². The Bertz CT molecular complexity index is 761. The van der Waals surface area contributed by atoms with Crippen LogP contribution in [0.15, 0.2) is 36.9 Å². The molecule has 27 heavy (non-hydrogen) atoms. The number of anilines is 1. The molecule has 0 aliphatic carbocycles. The molecule has 7 heteroatoms. The number of carbonyl (C=O) groups is 3. The summed E-state index contributed by atoms with van der Waals surface area (Å²) in [7, 11) is 1.66. The zero-order valence-corrected chi connectivity index (χ0v) is 15.7. The van der Waals surface area contributed by atoms with E-state index in [4.69, 9.17) is 4.74 Å². The van der Waals surface area contributed by atoms with Gasteiger partial charge in [-0.15, -0.1) is 0 Å². The van der Waals surface area contributed by atoms with Crippen molar-refractivity contribution in [3.63, 3.8) is 0 Å². The van der Waals surface area contributed by atoms with E-state index >= 15 is 0 Å². The van der Waals surface area contributed by atoms with Crippen molar-refractivity contribution in [1.29, 1.82) is 0 Å². The van der Waals surface area contributed by atoms with Gasteiger partial charge in [0.15, 0.2) is 0 Å². The molecule has 0 aromatic heterocycles. The van der Waals surface area contributed by atoms with Gasteiger partial charge in [0.2, 0.25) is 5.91 Å². The summed E-state index contributed by atoms with van der Waals surface area (Å²) in [4.78, 5) is 39.3. The number of ether oxygens (including phenoxy) is 1. The minimum absolute atomic E-state index is 0.0437. The molecule has 144 valence electrons. The van der Waals surface area contributed by atoms with Crippen molar-refractivity contribution in [1.82, 2.24) is 10.2 Å². The molecule has 0 radical (unpaired) electrons. The predicted molar refractivity (Wildman–Crippen MR) is 102 cm³/mol. The van der Waals surface area contributed by atoms with Crippen molar-refractivity contribution in [3.05, 3.63) is 42.5 Å². The third-order valence-electron chi connectivity index (χ3n) is 5.51. The molecular formula is C20H25N3O4. The van der Waals surface area contributed by atoms with Gasteiger partial charge in [-0.2, -0.15) is 0 Å². The number of amides is 3. The van der Waals surface area contributed by atoms with Crippen LogP contribution in [0.5, 0.6) is 0 Å². The second-order valence-electron chi connectivity index (χ2n) is 7.36. The molecule has 1 aromatic carbocycles. The Hall–Kier alpha value is -2.83. The molecule has 0 saturated carbocycles. The summed E-state index contributed by atoms with van der Waals surface area (Å²) in [6, 6.07) is 6.97. The summed E-state index contributed by atoms with van der Waals surface area (Å²) in [5, 5.41) is 2.89. The maximum absolute atomic E-state index is 12.9. The summed E-state index contributed by atoms with van der Waals surface area (Å²) >= 11 is 0. The fourth-order valence-electron chi connectivity index (χ4n) is 3.70. The Morgan fingerprint density at radius 2 is 2.07 bits per heavy atom. The van der Waals surface area contributed by atoms with Crippen molar-refractivity contribution in [2.75, 3.05) is 31.6 Å². The van der Waals surface area contributed by atoms with Gasteiger partial charge in [0.05, 0.1) is 5.54 Å². The van der Waals surface area contributed by atoms with E-state index in [-0.39, 0.29) is 17.7 Å². The lowest BCUT2D eigenvalue weighted by molar-refractivity contribution is -0.113. The number of likely N-dealkylation sites (N-methyl/N-ethyl adjacent to an activating group) is 1. The number of nitrogens with zero attached hydrogens (tertiary/aromatic N) is 2. The summed E-state index contributed by atoms with van der Waals surface area (Å²) < 4.78 is 5.07. The fourth-order valence-corrected chi connectivity index (χ4v) is 3.70. The quantitative estimate of drug-likeness (QED) is 0.823. The molecule has 7 nitrogen and oxygen atoms in total. The molecule has 2 atom stereocenters. The van der Waals surface area contributed by atoms with Gasteiger partial charge in [-0.25, -0.2) is 4.79 Å². The van der Waals surface area contributed by atoms with Gasteiger partial charge in [-0.05, 0) is 50.1 Å². The predicted octanol–water partition coefficient (Wildman–Crippen LogP) is 2.19. The van der Waals surface area contributed by atoms with E-state index < -0.39 is 11.6 Å². The normalized spacial score (nSPS) is 24.7. The van der Waals surface area contributed by atoms with Crippen molar-refractivity contribution >= 4 is 23.6 Å². The number of hydrogen-bond donors (Lipinski definition) is 1. The third-order valence-corrected chi connectivity index (χ3v) is 5.51. The van der Waals surface area contributed by atoms with Crippen molar-refractivity contribution in [3.8, 4) is 0 Å². The number of benzene rings is 1. The van der Waals surface area contributed by atoms with E-state index in [1.165, 1.54) is 11.0 Å². The first-order valence-corrected chi connectivity index (χ1v) is 9.08. The lowest BCUT2D eigenvalue weighted by Crippen LogP contribution is -2.54. The Balaban J connectivity index is 1.69. The fraction of sp³-hybridized carbons (Fsp3) is 0.450. The summed E-state index contributed by atoms with van der Waals surface area (Å²) in [6.45, 7) is 7.05. The van der Waals surface area contributed by atoms with Gasteiger partial charge in [-0.3, -0.25) is 9.59 Å². The van der Waals surface area contributed by atoms with E-state index in [1.54, 1.807) is 31.3 Å². The lowest BCUT2D eigenvalue weighted by Gasteiger charge is -2.40. The maximum atomic E-state index is 12.9. The van der Waals surface area contributed by atoms with Gasteiger partial charge >= 0.3 is 6.09 Å². The smallest absolute Gasteiger partial charge is 0.407 e. The molecule has 0 spiro atoms. The van der Waals surface area contributed by atoms with E-state index in [9.17, 15) is 14.4 Å². The number of hydrogen-bond acceptors (Lipinski definition) is 4. The van der Waals surface area contributed by atoms with Gasteiger partial charge in [0, 0.05) is 37.3 Å². The highest BCUT2D eigenvalue weighted by molar-refractivity contribution is 6.01. The average molecular weight is 371 g/mol. The average Bonchev–Trinajstić information content (AvgIpc) is 3.06. The van der Waals surface area contributed by atoms with E-state index in [0.29, 0.717) is 30.9 Å². The first-order valence-electron chi connectivity index (χ1n) is 9.08. The van der Waals surface area contributed by atoms with Crippen LogP contribution in [0.1, 0.15) is 30.1 Å². The molecule has 2 heterocycles. The highest BCUT2D eigenvalue weighted by atomic mass is 16.6. The Morgan fingerprint density at radius 1 is 1.37 bits per heavy atom. The zero-order valence-electron chi connectivity index (χ0n) is 15.7. The monoisotopic (exact) mass is 371 g/mol. The van der Waals surface area contributed by atoms with Crippen LogP contribution in [0.3, 0.4) is 0 Å². The number of carbonyl (C=O) groups excluding carboxylic acids is 3. The molecule has 0 bridgehead atoms. The molecule has 3 amide bonds. The minimum Gasteiger partial charge on any atom is -0.447 e. The minimum atomic E-state index is -0.437. The van der Waals surface area contributed by atoms with Crippen LogP contribution >= 0.6 is 0 Å². The van der Waals surface area contributed by atoms with E-state index in [1.807, 2.05) is 11.8 Å². The topological polar surface area (TPSA) is 79.0 Å². The van der Waals surface area contributed by atoms with E-state index in [2.05, 4.69) is 11.9 Å². The molecule has 1 N–H and O–H groups in total. The van der Waals surface area contributed by atoms with Crippen LogP contribution in [0.2, 0.25) is 0 Å². The largest absolute Gasteiger partial charge is 0.447 e. The molecule has 1 aromatic rings. The maximum Gasteiger partial charge on any atom is 0.407 e. The van der Waals surface area contributed by atoms with E-state index in [0.717, 1.165) is 12.8 Å². The summed E-state index contributed by atoms with van der Waals surface area (Å²) in [5.74, 6) is -0.0999. The zero-order chi connectivity index (χ0) is 19.6. The second-order valence-corrected chi connectivity index (χ2v) is 7.36. The van der Waals surface area contributed by atoms with Crippen LogP contribution < -0.4 is 10.2 Å². The van der Waals surface area contributed by atoms with Crippen LogP contribution in [0, 0.1) is 5.92 Å². The van der Waals surface area contributed by atoms with Gasteiger partial charge < -0.3 is 19.9 Å². The van der Waals surface area contributed by atoms with Gasteiger partial charge in [0.25, 0.3) is 5.91 Å². The van der Waals surface area contributed by atoms with Crippen LogP contribution in [-0.4, -0.2) is 55.1 Å². The first kappa shape index (κ1) is 18.9. The second kappa shape index (κ2) is 7.42. The standard InChI is InChI=1S/C20H25N3O4/c1-4-17(24)22(3)16-9-7-14(8-10-16)18(25)23-11-5-6-15(12-23)20(2)13-27-19(26)21-20/h4,7-10,15H,1,5-6,11-13H2,2-3H3,(H,21,26). The highest BCUT2D eigenvalue weighted by Gasteiger charge is 2.44. The highest BCUT2D eigenvalue weighted by Crippen LogP contribution is 2.31. The number of alkyl carbamates (subject to hydrolysis) is 1. The lowest BCUT2D eigenvalue weighted by atomic mass is 9.81. The van der Waals surface area contributed by atoms with Crippen LogP contribution in [-0.2, 0) is 9.53 Å². The van der Waals surface area contributed by atoms with Crippen molar-refractivity contribution < 1.29 is 19.1 Å². The third kappa shape index (κ3) is 3.82. The van der Waals surface area contributed by atoms with Crippen molar-refractivity contribution in [2.24, 2.45) is 5.92 Å². The first-order chi connectivity index (χ1) is 12.8. The van der Waals surface area contributed by atoms with Crippen molar-refractivity contribution in [2.45, 2.75) is 25.3 Å². The SMILES string of the molecule is C=CC(=O)N(C)c1ccc(C(=O)N2CCCC(C3(C)COC(=O)N3)C2)cc1. The Labute approximate surface area is 159 Å². The molecule has 2 unspecified atom stereocenters. The Morgan fingerprint density at radius 3 is 2.67 bits per heavy atom. The number of piperidine rings is 1. The number of rotatable bonds is 4. The molecule has 3 rings (SSSR count). The number of nitrogens with one attached hydrogen (secondary N) is 1. The molecule has 2 aliphatic rings. The van der Waals surface area contributed by atoms with Gasteiger partial charge in [-0.1, -0.05) is 6.58 Å². The van der Waals surface area contributed by atoms with Gasteiger partial charge in [0.1, 0.15) is 6.61 Å².